The minimum Gasteiger partial charge on any atom is -0.354 e. The van der Waals surface area contributed by atoms with Crippen molar-refractivity contribution in [2.45, 2.75) is 18.4 Å². The lowest BCUT2D eigenvalue weighted by molar-refractivity contribution is -0.122. The molecule has 3 unspecified atom stereocenters. The summed E-state index contributed by atoms with van der Waals surface area (Å²) < 4.78 is 0. The molecular formula is C18H18Cl2N2O. The molecule has 120 valence electrons. The van der Waals surface area contributed by atoms with Crippen LogP contribution >= 0.6 is 23.2 Å². The van der Waals surface area contributed by atoms with E-state index < -0.39 is 0 Å². The first-order chi connectivity index (χ1) is 11.1. The average molecular weight is 349 g/mol. The Morgan fingerprint density at radius 2 is 1.91 bits per heavy atom. The zero-order valence-electron chi connectivity index (χ0n) is 12.5. The van der Waals surface area contributed by atoms with Crippen LogP contribution in [0.15, 0.2) is 48.5 Å². The Balaban J connectivity index is 1.53. The van der Waals surface area contributed by atoms with Crippen molar-refractivity contribution in [2.75, 3.05) is 6.54 Å². The summed E-state index contributed by atoms with van der Waals surface area (Å²) in [4.78, 5) is 12.3. The Morgan fingerprint density at radius 1 is 1.17 bits per heavy atom. The van der Waals surface area contributed by atoms with Gasteiger partial charge < -0.3 is 11.1 Å². The summed E-state index contributed by atoms with van der Waals surface area (Å²) >= 11 is 12.0. The first kappa shape index (κ1) is 16.3. The molecule has 1 aliphatic rings. The number of amides is 1. The second-order valence-electron chi connectivity index (χ2n) is 5.88. The normalized spacial score (nSPS) is 20.8. The van der Waals surface area contributed by atoms with Gasteiger partial charge in [0.1, 0.15) is 0 Å². The molecule has 3 N–H and O–H groups in total. The number of nitrogens with one attached hydrogen (secondary N) is 1. The summed E-state index contributed by atoms with van der Waals surface area (Å²) in [7, 11) is 0. The van der Waals surface area contributed by atoms with E-state index >= 15 is 0 Å². The van der Waals surface area contributed by atoms with Crippen LogP contribution in [0.2, 0.25) is 10.0 Å². The van der Waals surface area contributed by atoms with E-state index in [1.807, 2.05) is 42.5 Å². The number of hydrogen-bond acceptors (Lipinski definition) is 2. The molecule has 3 rings (SSSR count). The second-order valence-corrected chi connectivity index (χ2v) is 6.70. The fraction of sp³-hybridized carbons (Fsp3) is 0.278. The van der Waals surface area contributed by atoms with Gasteiger partial charge in [-0.25, -0.2) is 0 Å². The van der Waals surface area contributed by atoms with Gasteiger partial charge >= 0.3 is 0 Å². The van der Waals surface area contributed by atoms with E-state index in [1.165, 1.54) is 0 Å². The van der Waals surface area contributed by atoms with Crippen molar-refractivity contribution in [2.24, 2.45) is 11.7 Å². The Morgan fingerprint density at radius 3 is 2.61 bits per heavy atom. The minimum absolute atomic E-state index is 0.00443. The molecule has 0 saturated heterocycles. The first-order valence-corrected chi connectivity index (χ1v) is 8.35. The van der Waals surface area contributed by atoms with Gasteiger partial charge in [-0.3, -0.25) is 4.79 Å². The van der Waals surface area contributed by atoms with Crippen LogP contribution in [0, 0.1) is 5.92 Å². The van der Waals surface area contributed by atoms with Gasteiger partial charge in [-0.1, -0.05) is 59.6 Å². The molecule has 3 atom stereocenters. The molecule has 23 heavy (non-hydrogen) atoms. The summed E-state index contributed by atoms with van der Waals surface area (Å²) in [6.45, 7) is 0.438. The van der Waals surface area contributed by atoms with Crippen LogP contribution in [0.4, 0.5) is 0 Å². The Bertz CT molecular complexity index is 705. The summed E-state index contributed by atoms with van der Waals surface area (Å²) in [6.07, 6.45) is 0.838. The molecule has 1 saturated carbocycles. The number of hydrogen-bond donors (Lipinski definition) is 2. The smallest absolute Gasteiger partial charge is 0.223 e. The highest BCUT2D eigenvalue weighted by molar-refractivity contribution is 6.42. The van der Waals surface area contributed by atoms with E-state index in [-0.39, 0.29) is 23.8 Å². The fourth-order valence-corrected chi connectivity index (χ4v) is 3.06. The monoisotopic (exact) mass is 348 g/mol. The SMILES string of the molecule is NC(CNC(=O)C1CC1c1ccc(Cl)c(Cl)c1)c1ccccc1. The third-order valence-corrected chi connectivity index (χ3v) is 4.96. The Hall–Kier alpha value is -1.55. The molecule has 1 amide bonds. The molecule has 5 heteroatoms. The standard InChI is InChI=1S/C18H18Cl2N2O/c19-15-7-6-12(8-16(15)20)13-9-14(13)18(23)22-10-17(21)11-4-2-1-3-5-11/h1-8,13-14,17H,9-10,21H2,(H,22,23). The van der Waals surface area contributed by atoms with Gasteiger partial charge in [0.25, 0.3) is 0 Å². The lowest BCUT2D eigenvalue weighted by atomic mass is 10.1. The van der Waals surface area contributed by atoms with Crippen molar-refractivity contribution < 1.29 is 4.79 Å². The predicted molar refractivity (Wildman–Crippen MR) is 93.7 cm³/mol. The maximum Gasteiger partial charge on any atom is 0.223 e. The molecule has 0 bridgehead atoms. The van der Waals surface area contributed by atoms with Crippen LogP contribution in [0.3, 0.4) is 0 Å². The predicted octanol–water partition coefficient (Wildman–Crippen LogP) is 3.91. The fourth-order valence-electron chi connectivity index (χ4n) is 2.76. The summed E-state index contributed by atoms with van der Waals surface area (Å²) in [5.41, 5.74) is 8.18. The van der Waals surface area contributed by atoms with E-state index in [1.54, 1.807) is 6.07 Å². The zero-order chi connectivity index (χ0) is 16.4. The summed E-state index contributed by atoms with van der Waals surface area (Å²) in [5, 5.41) is 4.01. The third-order valence-electron chi connectivity index (χ3n) is 4.22. The molecular weight excluding hydrogens is 331 g/mol. The van der Waals surface area contributed by atoms with Crippen LogP contribution in [0.25, 0.3) is 0 Å². The van der Waals surface area contributed by atoms with Gasteiger partial charge in [-0.2, -0.15) is 0 Å². The molecule has 0 spiro atoms. The molecule has 2 aromatic carbocycles. The zero-order valence-corrected chi connectivity index (χ0v) is 14.0. The van der Waals surface area contributed by atoms with Gasteiger partial charge in [0.05, 0.1) is 10.0 Å². The average Bonchev–Trinajstić information content (AvgIpc) is 3.36. The number of halogens is 2. The quantitative estimate of drug-likeness (QED) is 0.860. The number of benzene rings is 2. The van der Waals surface area contributed by atoms with E-state index in [0.29, 0.717) is 16.6 Å². The molecule has 0 aromatic heterocycles. The Labute approximate surface area is 145 Å². The van der Waals surface area contributed by atoms with Gasteiger partial charge in [-0.05, 0) is 35.6 Å². The number of nitrogens with two attached hydrogens (primary N) is 1. The molecule has 1 fully saturated rings. The van der Waals surface area contributed by atoms with Crippen molar-refractivity contribution in [3.63, 3.8) is 0 Å². The maximum atomic E-state index is 12.3. The highest BCUT2D eigenvalue weighted by Gasteiger charge is 2.44. The van der Waals surface area contributed by atoms with Crippen molar-refractivity contribution in [3.8, 4) is 0 Å². The summed E-state index contributed by atoms with van der Waals surface area (Å²) in [6, 6.07) is 15.1. The first-order valence-electron chi connectivity index (χ1n) is 7.59. The van der Waals surface area contributed by atoms with E-state index in [4.69, 9.17) is 28.9 Å². The van der Waals surface area contributed by atoms with E-state index in [0.717, 1.165) is 17.5 Å². The lowest BCUT2D eigenvalue weighted by Crippen LogP contribution is -2.33. The molecule has 3 nitrogen and oxygen atoms in total. The molecule has 0 heterocycles. The van der Waals surface area contributed by atoms with Crippen LogP contribution in [0.1, 0.15) is 29.5 Å². The largest absolute Gasteiger partial charge is 0.354 e. The van der Waals surface area contributed by atoms with Gasteiger partial charge in [0.2, 0.25) is 5.91 Å². The summed E-state index contributed by atoms with van der Waals surface area (Å²) in [5.74, 6) is 0.264. The highest BCUT2D eigenvalue weighted by atomic mass is 35.5. The van der Waals surface area contributed by atoms with Crippen LogP contribution in [-0.2, 0) is 4.79 Å². The Kier molecular flexibility index (Phi) is 4.90. The number of carbonyl (C=O) groups excluding carboxylic acids is 1. The van der Waals surface area contributed by atoms with Crippen molar-refractivity contribution in [1.82, 2.24) is 5.32 Å². The van der Waals surface area contributed by atoms with Gasteiger partial charge in [0.15, 0.2) is 0 Å². The molecule has 0 aliphatic heterocycles. The van der Waals surface area contributed by atoms with E-state index in [2.05, 4.69) is 5.32 Å². The van der Waals surface area contributed by atoms with Crippen molar-refractivity contribution in [1.29, 1.82) is 0 Å². The van der Waals surface area contributed by atoms with Crippen molar-refractivity contribution in [3.05, 3.63) is 69.7 Å². The molecule has 0 radical (unpaired) electrons. The maximum absolute atomic E-state index is 12.3. The topological polar surface area (TPSA) is 55.1 Å². The van der Waals surface area contributed by atoms with Crippen LogP contribution in [0.5, 0.6) is 0 Å². The van der Waals surface area contributed by atoms with Gasteiger partial charge in [0, 0.05) is 18.5 Å². The molecule has 2 aromatic rings. The van der Waals surface area contributed by atoms with Gasteiger partial charge in [-0.15, -0.1) is 0 Å². The van der Waals surface area contributed by atoms with Crippen molar-refractivity contribution >= 4 is 29.1 Å². The van der Waals surface area contributed by atoms with E-state index in [9.17, 15) is 4.79 Å². The third kappa shape index (κ3) is 3.86. The second kappa shape index (κ2) is 6.91. The number of carbonyl (C=O) groups is 1. The molecule has 1 aliphatic carbocycles. The lowest BCUT2D eigenvalue weighted by Gasteiger charge is -2.13. The number of rotatable bonds is 5. The van der Waals surface area contributed by atoms with Crippen LogP contribution in [-0.4, -0.2) is 12.5 Å². The highest BCUT2D eigenvalue weighted by Crippen LogP contribution is 2.48. The minimum atomic E-state index is -0.192. The van der Waals surface area contributed by atoms with Crippen LogP contribution < -0.4 is 11.1 Å².